The van der Waals surface area contributed by atoms with Crippen molar-refractivity contribution in [2.75, 3.05) is 39.9 Å². The molecular formula is C10H22N2O. The van der Waals surface area contributed by atoms with Gasteiger partial charge in [0.2, 0.25) is 0 Å². The zero-order valence-electron chi connectivity index (χ0n) is 9.05. The van der Waals surface area contributed by atoms with Crippen molar-refractivity contribution in [3.05, 3.63) is 0 Å². The van der Waals surface area contributed by atoms with Gasteiger partial charge in [0.05, 0.1) is 6.61 Å². The minimum atomic E-state index is 0.708. The molecule has 78 valence electrons. The number of ether oxygens (including phenoxy) is 1. The number of likely N-dealkylation sites (N-methyl/N-ethyl adjacent to an activating group) is 1. The molecule has 1 aliphatic rings. The summed E-state index contributed by atoms with van der Waals surface area (Å²) in [5, 5.41) is 3.43. The summed E-state index contributed by atoms with van der Waals surface area (Å²) < 4.78 is 5.11. The Morgan fingerprint density at radius 2 is 2.23 bits per heavy atom. The molecular weight excluding hydrogens is 164 g/mol. The molecule has 1 N–H and O–H groups in total. The zero-order valence-corrected chi connectivity index (χ0v) is 9.05. The van der Waals surface area contributed by atoms with Crippen molar-refractivity contribution < 1.29 is 4.74 Å². The maximum absolute atomic E-state index is 5.11. The quantitative estimate of drug-likeness (QED) is 0.679. The Morgan fingerprint density at radius 3 is 2.69 bits per heavy atom. The average Bonchev–Trinajstić information content (AvgIpc) is 2.54. The van der Waals surface area contributed by atoms with Crippen LogP contribution in [0, 0.1) is 5.92 Å². The fraction of sp³-hybridized carbons (Fsp3) is 1.00. The van der Waals surface area contributed by atoms with E-state index in [1.54, 1.807) is 7.11 Å². The predicted molar refractivity (Wildman–Crippen MR) is 54.9 cm³/mol. The first-order valence-corrected chi connectivity index (χ1v) is 5.23. The molecule has 1 saturated heterocycles. The van der Waals surface area contributed by atoms with Crippen LogP contribution < -0.4 is 5.32 Å². The molecule has 0 aromatic heterocycles. The van der Waals surface area contributed by atoms with Crippen molar-refractivity contribution in [1.29, 1.82) is 0 Å². The zero-order chi connectivity index (χ0) is 9.68. The van der Waals surface area contributed by atoms with Crippen molar-refractivity contribution in [2.45, 2.75) is 19.9 Å². The van der Waals surface area contributed by atoms with Gasteiger partial charge in [-0.05, 0) is 19.0 Å². The SMILES string of the molecule is CCN(CCOC)C1CNCC1C. The molecule has 0 amide bonds. The van der Waals surface area contributed by atoms with E-state index in [0.717, 1.165) is 38.7 Å². The molecule has 0 aromatic carbocycles. The highest BCUT2D eigenvalue weighted by Gasteiger charge is 2.27. The second kappa shape index (κ2) is 5.58. The summed E-state index contributed by atoms with van der Waals surface area (Å²) in [7, 11) is 1.77. The van der Waals surface area contributed by atoms with Crippen LogP contribution in [0.4, 0.5) is 0 Å². The third-order valence-corrected chi connectivity index (χ3v) is 2.93. The van der Waals surface area contributed by atoms with E-state index in [1.165, 1.54) is 0 Å². The van der Waals surface area contributed by atoms with Gasteiger partial charge in [-0.3, -0.25) is 4.90 Å². The summed E-state index contributed by atoms with van der Waals surface area (Å²) in [5.41, 5.74) is 0. The number of methoxy groups -OCH3 is 1. The number of rotatable bonds is 5. The molecule has 1 rings (SSSR count). The molecule has 3 nitrogen and oxygen atoms in total. The molecule has 0 aromatic rings. The van der Waals surface area contributed by atoms with Crippen LogP contribution in [-0.2, 0) is 4.74 Å². The summed E-state index contributed by atoms with van der Waals surface area (Å²) in [6.45, 7) is 9.87. The van der Waals surface area contributed by atoms with Gasteiger partial charge in [0, 0.05) is 26.2 Å². The van der Waals surface area contributed by atoms with E-state index in [2.05, 4.69) is 24.1 Å². The maximum Gasteiger partial charge on any atom is 0.0589 e. The van der Waals surface area contributed by atoms with Crippen LogP contribution in [-0.4, -0.2) is 50.8 Å². The van der Waals surface area contributed by atoms with Gasteiger partial charge in [0.15, 0.2) is 0 Å². The number of hydrogen-bond acceptors (Lipinski definition) is 3. The first-order valence-electron chi connectivity index (χ1n) is 5.23. The van der Waals surface area contributed by atoms with Gasteiger partial charge in [-0.15, -0.1) is 0 Å². The molecule has 0 spiro atoms. The smallest absolute Gasteiger partial charge is 0.0589 e. The van der Waals surface area contributed by atoms with Gasteiger partial charge in [0.1, 0.15) is 0 Å². The second-order valence-electron chi connectivity index (χ2n) is 3.82. The molecule has 13 heavy (non-hydrogen) atoms. The van der Waals surface area contributed by atoms with Crippen molar-refractivity contribution in [2.24, 2.45) is 5.92 Å². The molecule has 1 heterocycles. The average molecular weight is 186 g/mol. The Hall–Kier alpha value is -0.120. The van der Waals surface area contributed by atoms with Gasteiger partial charge in [-0.2, -0.15) is 0 Å². The van der Waals surface area contributed by atoms with Crippen molar-refractivity contribution in [3.63, 3.8) is 0 Å². The van der Waals surface area contributed by atoms with Crippen LogP contribution in [0.15, 0.2) is 0 Å². The Kier molecular flexibility index (Phi) is 4.70. The van der Waals surface area contributed by atoms with Crippen LogP contribution in [0.5, 0.6) is 0 Å². The fourth-order valence-electron chi connectivity index (χ4n) is 2.05. The third-order valence-electron chi connectivity index (χ3n) is 2.93. The lowest BCUT2D eigenvalue weighted by Crippen LogP contribution is -2.41. The van der Waals surface area contributed by atoms with E-state index >= 15 is 0 Å². The topological polar surface area (TPSA) is 24.5 Å². The Morgan fingerprint density at radius 1 is 1.46 bits per heavy atom. The Balaban J connectivity index is 2.35. The molecule has 0 bridgehead atoms. The summed E-state index contributed by atoms with van der Waals surface area (Å²) in [6.07, 6.45) is 0. The highest BCUT2D eigenvalue weighted by Crippen LogP contribution is 2.14. The minimum absolute atomic E-state index is 0.708. The predicted octanol–water partition coefficient (Wildman–Crippen LogP) is 0.563. The van der Waals surface area contributed by atoms with Gasteiger partial charge >= 0.3 is 0 Å². The van der Waals surface area contributed by atoms with Gasteiger partial charge in [-0.25, -0.2) is 0 Å². The van der Waals surface area contributed by atoms with E-state index < -0.39 is 0 Å². The number of hydrogen-bond donors (Lipinski definition) is 1. The fourth-order valence-corrected chi connectivity index (χ4v) is 2.05. The first-order chi connectivity index (χ1) is 6.29. The van der Waals surface area contributed by atoms with E-state index in [-0.39, 0.29) is 0 Å². The van der Waals surface area contributed by atoms with Crippen molar-refractivity contribution >= 4 is 0 Å². The lowest BCUT2D eigenvalue weighted by Gasteiger charge is -2.29. The van der Waals surface area contributed by atoms with Crippen LogP contribution in [0.2, 0.25) is 0 Å². The van der Waals surface area contributed by atoms with E-state index in [0.29, 0.717) is 6.04 Å². The molecule has 0 radical (unpaired) electrons. The third kappa shape index (κ3) is 2.93. The van der Waals surface area contributed by atoms with Crippen molar-refractivity contribution in [3.8, 4) is 0 Å². The van der Waals surface area contributed by atoms with Gasteiger partial charge in [-0.1, -0.05) is 13.8 Å². The largest absolute Gasteiger partial charge is 0.383 e. The van der Waals surface area contributed by atoms with Crippen molar-refractivity contribution in [1.82, 2.24) is 10.2 Å². The molecule has 1 aliphatic heterocycles. The summed E-state index contributed by atoms with van der Waals surface area (Å²) in [5.74, 6) is 0.775. The van der Waals surface area contributed by atoms with Gasteiger partial charge < -0.3 is 10.1 Å². The Bertz CT molecular complexity index is 141. The van der Waals surface area contributed by atoms with E-state index in [4.69, 9.17) is 4.74 Å². The minimum Gasteiger partial charge on any atom is -0.383 e. The molecule has 0 aliphatic carbocycles. The summed E-state index contributed by atoms with van der Waals surface area (Å²) in [4.78, 5) is 2.51. The van der Waals surface area contributed by atoms with Crippen LogP contribution in [0.3, 0.4) is 0 Å². The maximum atomic E-state index is 5.11. The Labute approximate surface area is 81.4 Å². The highest BCUT2D eigenvalue weighted by molar-refractivity contribution is 4.85. The molecule has 2 atom stereocenters. The molecule has 0 saturated carbocycles. The summed E-state index contributed by atoms with van der Waals surface area (Å²) >= 11 is 0. The molecule has 2 unspecified atom stereocenters. The molecule has 3 heteroatoms. The van der Waals surface area contributed by atoms with Crippen LogP contribution in [0.1, 0.15) is 13.8 Å². The van der Waals surface area contributed by atoms with Crippen LogP contribution >= 0.6 is 0 Å². The lowest BCUT2D eigenvalue weighted by molar-refractivity contribution is 0.116. The van der Waals surface area contributed by atoms with Crippen LogP contribution in [0.25, 0.3) is 0 Å². The van der Waals surface area contributed by atoms with Gasteiger partial charge in [0.25, 0.3) is 0 Å². The number of nitrogens with zero attached hydrogens (tertiary/aromatic N) is 1. The molecule has 1 fully saturated rings. The highest BCUT2D eigenvalue weighted by atomic mass is 16.5. The van der Waals surface area contributed by atoms with E-state index in [9.17, 15) is 0 Å². The normalized spacial score (nSPS) is 28.6. The lowest BCUT2D eigenvalue weighted by atomic mass is 10.1. The number of nitrogens with one attached hydrogen (secondary N) is 1. The second-order valence-corrected chi connectivity index (χ2v) is 3.82. The summed E-state index contributed by atoms with van der Waals surface area (Å²) in [6, 6.07) is 0.708. The first kappa shape index (κ1) is 11.0. The van der Waals surface area contributed by atoms with E-state index in [1.807, 2.05) is 0 Å². The monoisotopic (exact) mass is 186 g/mol. The standard InChI is InChI=1S/C10H22N2O/c1-4-12(5-6-13-3)10-8-11-7-9(10)2/h9-11H,4-8H2,1-3H3.